The van der Waals surface area contributed by atoms with Gasteiger partial charge in [0.15, 0.2) is 0 Å². The molecule has 0 spiro atoms. The Balaban J connectivity index is 2.80. The van der Waals surface area contributed by atoms with E-state index in [1.807, 2.05) is 6.92 Å². The first-order chi connectivity index (χ1) is 7.58. The highest BCUT2D eigenvalue weighted by atomic mass is 16.3. The molecule has 0 aliphatic rings. The van der Waals surface area contributed by atoms with E-state index in [-0.39, 0.29) is 18.6 Å². The first-order valence-electron chi connectivity index (χ1n) is 5.15. The zero-order valence-corrected chi connectivity index (χ0v) is 9.23. The lowest BCUT2D eigenvalue weighted by atomic mass is 10.1. The molecule has 1 aromatic carbocycles. The number of aliphatic hydroxyl groups excluding tert-OH is 1. The van der Waals surface area contributed by atoms with Crippen LogP contribution in [0.1, 0.15) is 23.7 Å². The molecule has 6 N–H and O–H groups in total. The van der Waals surface area contributed by atoms with Crippen molar-refractivity contribution >= 4 is 17.3 Å². The Labute approximate surface area is 94.4 Å². The summed E-state index contributed by atoms with van der Waals surface area (Å²) in [7, 11) is 0. The fourth-order valence-corrected chi connectivity index (χ4v) is 1.33. The standard InChI is InChI=1S/C11H17N3O2/c1-2-8(6-15)14-11(16)9-4-3-7(12)5-10(9)13/h3-5,8,15H,2,6,12-13H2,1H3,(H,14,16). The van der Waals surface area contributed by atoms with Crippen molar-refractivity contribution in [1.29, 1.82) is 0 Å². The maximum Gasteiger partial charge on any atom is 0.253 e. The van der Waals surface area contributed by atoms with Crippen LogP contribution < -0.4 is 16.8 Å². The van der Waals surface area contributed by atoms with Gasteiger partial charge in [-0.2, -0.15) is 0 Å². The quantitative estimate of drug-likeness (QED) is 0.553. The number of hydrogen-bond acceptors (Lipinski definition) is 4. The predicted molar refractivity (Wildman–Crippen MR) is 63.9 cm³/mol. The molecule has 1 amide bonds. The summed E-state index contributed by atoms with van der Waals surface area (Å²) in [6.45, 7) is 1.80. The molecular weight excluding hydrogens is 206 g/mol. The van der Waals surface area contributed by atoms with Crippen LogP contribution in [0.15, 0.2) is 18.2 Å². The van der Waals surface area contributed by atoms with Crippen LogP contribution in [0.3, 0.4) is 0 Å². The molecule has 0 saturated heterocycles. The minimum absolute atomic E-state index is 0.0862. The first-order valence-corrected chi connectivity index (χ1v) is 5.15. The lowest BCUT2D eigenvalue weighted by Crippen LogP contribution is -2.37. The molecule has 1 atom stereocenters. The third-order valence-corrected chi connectivity index (χ3v) is 2.37. The molecule has 5 nitrogen and oxygen atoms in total. The number of amides is 1. The van der Waals surface area contributed by atoms with E-state index in [1.54, 1.807) is 12.1 Å². The van der Waals surface area contributed by atoms with E-state index in [4.69, 9.17) is 16.6 Å². The van der Waals surface area contributed by atoms with Crippen LogP contribution in [-0.2, 0) is 0 Å². The average Bonchev–Trinajstić information content (AvgIpc) is 2.25. The van der Waals surface area contributed by atoms with Crippen molar-refractivity contribution in [3.8, 4) is 0 Å². The fourth-order valence-electron chi connectivity index (χ4n) is 1.33. The number of anilines is 2. The number of aliphatic hydroxyl groups is 1. The van der Waals surface area contributed by atoms with Crippen molar-refractivity contribution in [2.45, 2.75) is 19.4 Å². The van der Waals surface area contributed by atoms with Crippen LogP contribution in [-0.4, -0.2) is 23.7 Å². The van der Waals surface area contributed by atoms with Gasteiger partial charge in [0.2, 0.25) is 0 Å². The molecule has 1 aromatic rings. The number of rotatable bonds is 4. The summed E-state index contributed by atoms with van der Waals surface area (Å²) in [5, 5.41) is 11.7. The summed E-state index contributed by atoms with van der Waals surface area (Å²) in [5.41, 5.74) is 12.4. The third-order valence-electron chi connectivity index (χ3n) is 2.37. The summed E-state index contributed by atoms with van der Waals surface area (Å²) in [6.07, 6.45) is 0.664. The van der Waals surface area contributed by atoms with Crippen molar-refractivity contribution in [3.05, 3.63) is 23.8 Å². The van der Waals surface area contributed by atoms with Gasteiger partial charge in [-0.1, -0.05) is 6.92 Å². The van der Waals surface area contributed by atoms with Crippen LogP contribution in [0.5, 0.6) is 0 Å². The lowest BCUT2D eigenvalue weighted by molar-refractivity contribution is 0.0916. The van der Waals surface area contributed by atoms with Crippen molar-refractivity contribution in [2.24, 2.45) is 0 Å². The van der Waals surface area contributed by atoms with Crippen molar-refractivity contribution in [3.63, 3.8) is 0 Å². The topological polar surface area (TPSA) is 101 Å². The zero-order chi connectivity index (χ0) is 12.1. The molecule has 0 saturated carbocycles. The second kappa shape index (κ2) is 5.37. The molecule has 0 radical (unpaired) electrons. The SMILES string of the molecule is CCC(CO)NC(=O)c1ccc(N)cc1N. The number of nitrogens with two attached hydrogens (primary N) is 2. The first kappa shape index (κ1) is 12.3. The fraction of sp³-hybridized carbons (Fsp3) is 0.364. The summed E-state index contributed by atoms with van der Waals surface area (Å²) in [5.74, 6) is -0.293. The molecule has 1 rings (SSSR count). The minimum Gasteiger partial charge on any atom is -0.399 e. The summed E-state index contributed by atoms with van der Waals surface area (Å²) in [6, 6.07) is 4.48. The Kier molecular flexibility index (Phi) is 4.13. The summed E-state index contributed by atoms with van der Waals surface area (Å²) >= 11 is 0. The Morgan fingerprint density at radius 1 is 1.50 bits per heavy atom. The van der Waals surface area contributed by atoms with E-state index >= 15 is 0 Å². The minimum atomic E-state index is -0.293. The molecule has 0 aliphatic carbocycles. The molecule has 1 unspecified atom stereocenters. The van der Waals surface area contributed by atoms with Crippen LogP contribution in [0.4, 0.5) is 11.4 Å². The van der Waals surface area contributed by atoms with Gasteiger partial charge in [0, 0.05) is 11.4 Å². The van der Waals surface area contributed by atoms with E-state index in [2.05, 4.69) is 5.32 Å². The zero-order valence-electron chi connectivity index (χ0n) is 9.23. The van der Waals surface area contributed by atoms with E-state index < -0.39 is 0 Å². The highest BCUT2D eigenvalue weighted by Crippen LogP contribution is 2.15. The molecular formula is C11H17N3O2. The molecule has 5 heteroatoms. The maximum absolute atomic E-state index is 11.8. The Morgan fingerprint density at radius 3 is 2.69 bits per heavy atom. The number of nitrogens with one attached hydrogen (secondary N) is 1. The van der Waals surface area contributed by atoms with Crippen molar-refractivity contribution in [2.75, 3.05) is 18.1 Å². The maximum atomic E-state index is 11.8. The van der Waals surface area contributed by atoms with Gasteiger partial charge in [-0.25, -0.2) is 0 Å². The molecule has 0 bridgehead atoms. The summed E-state index contributed by atoms with van der Waals surface area (Å²) < 4.78 is 0. The van der Waals surface area contributed by atoms with Crippen LogP contribution >= 0.6 is 0 Å². The number of carbonyl (C=O) groups is 1. The third kappa shape index (κ3) is 2.87. The van der Waals surface area contributed by atoms with Crippen LogP contribution in [0, 0.1) is 0 Å². The average molecular weight is 223 g/mol. The Morgan fingerprint density at radius 2 is 2.19 bits per heavy atom. The van der Waals surface area contributed by atoms with Gasteiger partial charge in [-0.15, -0.1) is 0 Å². The molecule has 88 valence electrons. The number of carbonyl (C=O) groups excluding carboxylic acids is 1. The predicted octanol–water partition coefficient (Wildman–Crippen LogP) is 0.352. The van der Waals surface area contributed by atoms with E-state index in [1.165, 1.54) is 6.07 Å². The smallest absolute Gasteiger partial charge is 0.253 e. The highest BCUT2D eigenvalue weighted by molar-refractivity contribution is 5.99. The van der Waals surface area contributed by atoms with Crippen molar-refractivity contribution < 1.29 is 9.90 Å². The molecule has 0 aliphatic heterocycles. The van der Waals surface area contributed by atoms with Crippen molar-refractivity contribution in [1.82, 2.24) is 5.32 Å². The van der Waals surface area contributed by atoms with Gasteiger partial charge in [-0.3, -0.25) is 4.79 Å². The Bertz CT molecular complexity index is 375. The van der Waals surface area contributed by atoms with Crippen LogP contribution in [0.2, 0.25) is 0 Å². The molecule has 0 heterocycles. The molecule has 16 heavy (non-hydrogen) atoms. The Hall–Kier alpha value is -1.75. The van der Waals surface area contributed by atoms with Gasteiger partial charge < -0.3 is 21.9 Å². The monoisotopic (exact) mass is 223 g/mol. The van der Waals surface area contributed by atoms with E-state index in [9.17, 15) is 4.79 Å². The lowest BCUT2D eigenvalue weighted by Gasteiger charge is -2.14. The normalized spacial score (nSPS) is 12.1. The second-order valence-electron chi connectivity index (χ2n) is 3.61. The van der Waals surface area contributed by atoms with E-state index in [0.717, 1.165) is 0 Å². The largest absolute Gasteiger partial charge is 0.399 e. The molecule has 0 fully saturated rings. The van der Waals surface area contributed by atoms with Gasteiger partial charge in [0.1, 0.15) is 0 Å². The van der Waals surface area contributed by atoms with E-state index in [0.29, 0.717) is 23.4 Å². The van der Waals surface area contributed by atoms with Gasteiger partial charge in [-0.05, 0) is 24.6 Å². The van der Waals surface area contributed by atoms with Gasteiger partial charge in [0.05, 0.1) is 18.2 Å². The number of nitrogen functional groups attached to an aromatic ring is 2. The van der Waals surface area contributed by atoms with Gasteiger partial charge in [0.25, 0.3) is 5.91 Å². The van der Waals surface area contributed by atoms with Crippen LogP contribution in [0.25, 0.3) is 0 Å². The summed E-state index contributed by atoms with van der Waals surface area (Å²) in [4.78, 5) is 11.8. The number of benzene rings is 1. The van der Waals surface area contributed by atoms with Gasteiger partial charge >= 0.3 is 0 Å². The number of hydrogen-bond donors (Lipinski definition) is 4. The highest BCUT2D eigenvalue weighted by Gasteiger charge is 2.13. The molecule has 0 aromatic heterocycles. The second-order valence-corrected chi connectivity index (χ2v) is 3.61.